The van der Waals surface area contributed by atoms with E-state index < -0.39 is 0 Å². The van der Waals surface area contributed by atoms with Crippen molar-refractivity contribution < 1.29 is 9.59 Å². The van der Waals surface area contributed by atoms with Crippen LogP contribution < -0.4 is 10.6 Å². The molecule has 1 fully saturated rings. The second kappa shape index (κ2) is 10.1. The zero-order valence-electron chi connectivity index (χ0n) is 17.8. The highest BCUT2D eigenvalue weighted by atomic mass is 35.5. The first-order valence-electron chi connectivity index (χ1n) is 10.2. The Bertz CT molecular complexity index is 900. The van der Waals surface area contributed by atoms with Gasteiger partial charge in [0.15, 0.2) is 0 Å². The van der Waals surface area contributed by atoms with E-state index in [1.807, 2.05) is 26.0 Å². The van der Waals surface area contributed by atoms with Gasteiger partial charge in [-0.2, -0.15) is 0 Å². The van der Waals surface area contributed by atoms with Crippen LogP contribution in [0, 0.1) is 20.8 Å². The summed E-state index contributed by atoms with van der Waals surface area (Å²) < 4.78 is 0. The summed E-state index contributed by atoms with van der Waals surface area (Å²) in [5, 5.41) is 6.44. The molecule has 6 nitrogen and oxygen atoms in total. The van der Waals surface area contributed by atoms with Crippen LogP contribution in [0.5, 0.6) is 0 Å². The van der Waals surface area contributed by atoms with E-state index in [-0.39, 0.29) is 11.8 Å². The van der Waals surface area contributed by atoms with Crippen LogP contribution in [0.4, 0.5) is 11.4 Å². The number of rotatable bonds is 6. The highest BCUT2D eigenvalue weighted by Gasteiger charge is 2.21. The summed E-state index contributed by atoms with van der Waals surface area (Å²) in [4.78, 5) is 29.0. The molecule has 7 heteroatoms. The van der Waals surface area contributed by atoms with Crippen LogP contribution in [0.15, 0.2) is 36.4 Å². The largest absolute Gasteiger partial charge is 0.324 e. The first-order valence-corrected chi connectivity index (χ1v) is 10.6. The highest BCUT2D eigenvalue weighted by Crippen LogP contribution is 2.22. The van der Waals surface area contributed by atoms with Gasteiger partial charge in [0.1, 0.15) is 0 Å². The quantitative estimate of drug-likeness (QED) is 0.739. The Balaban J connectivity index is 1.44. The molecule has 2 N–H and O–H groups in total. The van der Waals surface area contributed by atoms with Crippen molar-refractivity contribution in [1.29, 1.82) is 0 Å². The van der Waals surface area contributed by atoms with E-state index in [9.17, 15) is 9.59 Å². The van der Waals surface area contributed by atoms with Crippen LogP contribution in [0.3, 0.4) is 0 Å². The van der Waals surface area contributed by atoms with Crippen LogP contribution in [0.1, 0.15) is 16.7 Å². The van der Waals surface area contributed by atoms with Crippen LogP contribution in [0.2, 0.25) is 5.02 Å². The lowest BCUT2D eigenvalue weighted by Crippen LogP contribution is -2.50. The molecule has 3 rings (SSSR count). The molecule has 0 aliphatic carbocycles. The Morgan fingerprint density at radius 2 is 1.37 bits per heavy atom. The molecule has 0 atom stereocenters. The number of hydrogen-bond acceptors (Lipinski definition) is 4. The molecule has 1 aliphatic rings. The molecule has 2 aromatic carbocycles. The lowest BCUT2D eigenvalue weighted by atomic mass is 10.1. The van der Waals surface area contributed by atoms with Crippen molar-refractivity contribution >= 4 is 34.8 Å². The number of nitrogens with zero attached hydrogens (tertiary/aromatic N) is 2. The fraction of sp³-hybridized carbons (Fsp3) is 0.391. The molecule has 1 heterocycles. The molecule has 0 radical (unpaired) electrons. The van der Waals surface area contributed by atoms with Crippen LogP contribution in [-0.4, -0.2) is 60.9 Å². The van der Waals surface area contributed by atoms with Gasteiger partial charge in [0, 0.05) is 31.9 Å². The number of para-hydroxylation sites is 1. The van der Waals surface area contributed by atoms with Gasteiger partial charge >= 0.3 is 0 Å². The Kier molecular flexibility index (Phi) is 7.48. The normalized spacial score (nSPS) is 15.1. The monoisotopic (exact) mass is 428 g/mol. The van der Waals surface area contributed by atoms with Crippen molar-refractivity contribution in [3.05, 3.63) is 58.1 Å². The van der Waals surface area contributed by atoms with Crippen molar-refractivity contribution in [3.8, 4) is 0 Å². The minimum atomic E-state index is -0.0837. The Hall–Kier alpha value is -2.41. The van der Waals surface area contributed by atoms with E-state index in [1.165, 1.54) is 5.56 Å². The maximum Gasteiger partial charge on any atom is 0.238 e. The van der Waals surface area contributed by atoms with Gasteiger partial charge in [-0.3, -0.25) is 19.4 Å². The first-order chi connectivity index (χ1) is 14.3. The number of benzene rings is 2. The van der Waals surface area contributed by atoms with Crippen molar-refractivity contribution in [3.63, 3.8) is 0 Å². The van der Waals surface area contributed by atoms with E-state index in [0.29, 0.717) is 23.8 Å². The summed E-state index contributed by atoms with van der Waals surface area (Å²) in [6, 6.07) is 11.4. The maximum absolute atomic E-state index is 12.5. The number of piperazine rings is 1. The van der Waals surface area contributed by atoms with Gasteiger partial charge in [-0.05, 0) is 44.0 Å². The molecule has 160 valence electrons. The van der Waals surface area contributed by atoms with Crippen molar-refractivity contribution in [2.75, 3.05) is 49.9 Å². The molecular formula is C23H29ClN4O2. The second-order valence-corrected chi connectivity index (χ2v) is 8.31. The third kappa shape index (κ3) is 6.05. The predicted octanol–water partition coefficient (Wildman–Crippen LogP) is 3.46. The molecule has 0 aromatic heterocycles. The number of carbonyl (C=O) groups excluding carboxylic acids is 2. The molecule has 0 unspecified atom stereocenters. The van der Waals surface area contributed by atoms with Gasteiger partial charge in [0.05, 0.1) is 23.8 Å². The summed E-state index contributed by atoms with van der Waals surface area (Å²) >= 11 is 6.09. The minimum absolute atomic E-state index is 0.00466. The number of carbonyl (C=O) groups is 2. The van der Waals surface area contributed by atoms with Crippen molar-refractivity contribution in [1.82, 2.24) is 9.80 Å². The summed E-state index contributed by atoms with van der Waals surface area (Å²) in [7, 11) is 0. The van der Waals surface area contributed by atoms with Gasteiger partial charge in [-0.1, -0.05) is 41.4 Å². The van der Waals surface area contributed by atoms with Crippen molar-refractivity contribution in [2.24, 2.45) is 0 Å². The third-order valence-electron chi connectivity index (χ3n) is 5.29. The van der Waals surface area contributed by atoms with E-state index in [4.69, 9.17) is 11.6 Å². The molecule has 2 aromatic rings. The molecule has 30 heavy (non-hydrogen) atoms. The zero-order valence-corrected chi connectivity index (χ0v) is 18.6. The Morgan fingerprint density at radius 3 is 1.90 bits per heavy atom. The smallest absolute Gasteiger partial charge is 0.238 e. The van der Waals surface area contributed by atoms with E-state index in [0.717, 1.165) is 43.0 Å². The number of nitrogens with one attached hydrogen (secondary N) is 2. The molecule has 1 aliphatic heterocycles. The van der Waals surface area contributed by atoms with Crippen LogP contribution >= 0.6 is 11.6 Å². The lowest BCUT2D eigenvalue weighted by Gasteiger charge is -2.33. The Morgan fingerprint density at radius 1 is 0.867 bits per heavy atom. The number of amides is 2. The van der Waals surface area contributed by atoms with Crippen molar-refractivity contribution in [2.45, 2.75) is 20.8 Å². The first kappa shape index (κ1) is 22.3. The SMILES string of the molecule is Cc1cc(C)c(NC(=O)CN2CCN(CC(=O)Nc3ccccc3Cl)CC2)c(C)c1. The summed E-state index contributed by atoms with van der Waals surface area (Å²) in [6.07, 6.45) is 0. The van der Waals surface area contributed by atoms with Gasteiger partial charge in [-0.15, -0.1) is 0 Å². The zero-order chi connectivity index (χ0) is 21.7. The number of anilines is 2. The molecule has 1 saturated heterocycles. The molecule has 0 saturated carbocycles. The lowest BCUT2D eigenvalue weighted by molar-refractivity contribution is -0.120. The average molecular weight is 429 g/mol. The van der Waals surface area contributed by atoms with Gasteiger partial charge in [0.2, 0.25) is 11.8 Å². The number of halogens is 1. The minimum Gasteiger partial charge on any atom is -0.324 e. The topological polar surface area (TPSA) is 64.7 Å². The van der Waals surface area contributed by atoms with E-state index in [2.05, 4.69) is 39.5 Å². The number of hydrogen-bond donors (Lipinski definition) is 2. The van der Waals surface area contributed by atoms with E-state index >= 15 is 0 Å². The van der Waals surface area contributed by atoms with Gasteiger partial charge in [0.25, 0.3) is 0 Å². The van der Waals surface area contributed by atoms with Crippen LogP contribution in [-0.2, 0) is 9.59 Å². The molecule has 0 bridgehead atoms. The second-order valence-electron chi connectivity index (χ2n) is 7.90. The third-order valence-corrected chi connectivity index (χ3v) is 5.62. The van der Waals surface area contributed by atoms with Gasteiger partial charge in [-0.25, -0.2) is 0 Å². The Labute approximate surface area is 183 Å². The average Bonchev–Trinajstić information content (AvgIpc) is 2.68. The summed E-state index contributed by atoms with van der Waals surface area (Å²) in [5.74, 6) is -0.0884. The molecule has 0 spiro atoms. The van der Waals surface area contributed by atoms with Gasteiger partial charge < -0.3 is 10.6 Å². The summed E-state index contributed by atoms with van der Waals surface area (Å²) in [6.45, 7) is 9.73. The fourth-order valence-corrected chi connectivity index (χ4v) is 4.00. The van der Waals surface area contributed by atoms with Crippen LogP contribution in [0.25, 0.3) is 0 Å². The maximum atomic E-state index is 12.5. The predicted molar refractivity (Wildman–Crippen MR) is 122 cm³/mol. The molecular weight excluding hydrogens is 400 g/mol. The molecule has 2 amide bonds. The fourth-order valence-electron chi connectivity index (χ4n) is 3.82. The van der Waals surface area contributed by atoms with E-state index in [1.54, 1.807) is 12.1 Å². The number of aryl methyl sites for hydroxylation is 3. The highest BCUT2D eigenvalue weighted by molar-refractivity contribution is 6.33. The summed E-state index contributed by atoms with van der Waals surface area (Å²) in [5.41, 5.74) is 4.88. The standard InChI is InChI=1S/C23H29ClN4O2/c1-16-12-17(2)23(18(3)13-16)26-22(30)15-28-10-8-27(9-11-28)14-21(29)25-20-7-5-4-6-19(20)24/h4-7,12-13H,8-11,14-15H2,1-3H3,(H,25,29)(H,26,30).